The molecule has 0 spiro atoms. The van der Waals surface area contributed by atoms with Crippen LogP contribution in [0.4, 0.5) is 0 Å². The van der Waals surface area contributed by atoms with Crippen LogP contribution in [0.15, 0.2) is 23.8 Å². The lowest BCUT2D eigenvalue weighted by molar-refractivity contribution is -0.117. The van der Waals surface area contributed by atoms with Gasteiger partial charge in [-0.05, 0) is 38.0 Å². The van der Waals surface area contributed by atoms with E-state index in [4.69, 9.17) is 0 Å². The summed E-state index contributed by atoms with van der Waals surface area (Å²) < 4.78 is 0. The van der Waals surface area contributed by atoms with Crippen LogP contribution in [0.1, 0.15) is 34.1 Å². The third-order valence-electron chi connectivity index (χ3n) is 1.84. The Morgan fingerprint density at radius 2 is 1.81 bits per heavy atom. The van der Waals surface area contributed by atoms with Gasteiger partial charge in [0.25, 0.3) is 0 Å². The van der Waals surface area contributed by atoms with E-state index >= 15 is 0 Å². The summed E-state index contributed by atoms with van der Waals surface area (Å²) in [7, 11) is 0. The van der Waals surface area contributed by atoms with Crippen LogP contribution in [0.2, 0.25) is 0 Å². The van der Waals surface area contributed by atoms with Gasteiger partial charge in [-0.25, -0.2) is 0 Å². The fourth-order valence-electron chi connectivity index (χ4n) is 1.20. The molecule has 16 heavy (non-hydrogen) atoms. The Kier molecular flexibility index (Phi) is 6.23. The highest BCUT2D eigenvalue weighted by atomic mass is 16.1. The van der Waals surface area contributed by atoms with Crippen molar-refractivity contribution < 1.29 is 14.4 Å². The summed E-state index contributed by atoms with van der Waals surface area (Å²) in [6, 6.07) is 0. The number of hydrogen-bond acceptors (Lipinski definition) is 3. The zero-order valence-corrected chi connectivity index (χ0v) is 10.2. The Hall–Kier alpha value is -1.51. The van der Waals surface area contributed by atoms with Gasteiger partial charge >= 0.3 is 0 Å². The lowest BCUT2D eigenvalue weighted by atomic mass is 10.1. The summed E-state index contributed by atoms with van der Waals surface area (Å²) in [6.07, 6.45) is 4.62. The molecule has 0 bridgehead atoms. The van der Waals surface area contributed by atoms with Crippen molar-refractivity contribution in [2.45, 2.75) is 34.1 Å². The number of hydrogen-bond donors (Lipinski definition) is 0. The molecule has 0 unspecified atom stereocenters. The van der Waals surface area contributed by atoms with Crippen molar-refractivity contribution in [3.8, 4) is 0 Å². The average molecular weight is 222 g/mol. The van der Waals surface area contributed by atoms with Crippen LogP contribution in [-0.4, -0.2) is 17.3 Å². The number of allylic oxidation sites excluding steroid dienone is 4. The molecule has 0 saturated heterocycles. The van der Waals surface area contributed by atoms with Gasteiger partial charge in [-0.3, -0.25) is 9.59 Å². The summed E-state index contributed by atoms with van der Waals surface area (Å²) >= 11 is 0. The smallest absolute Gasteiger partial charge is 0.181 e. The fourth-order valence-corrected chi connectivity index (χ4v) is 1.20. The molecule has 0 radical (unpaired) electrons. The van der Waals surface area contributed by atoms with E-state index in [2.05, 4.69) is 0 Å². The molecule has 0 aliphatic heterocycles. The zero-order valence-electron chi connectivity index (χ0n) is 10.2. The van der Waals surface area contributed by atoms with Gasteiger partial charge in [-0.1, -0.05) is 13.8 Å². The predicted molar refractivity (Wildman–Crippen MR) is 63.0 cm³/mol. The summed E-state index contributed by atoms with van der Waals surface area (Å²) in [5.74, 6) is 0.634. The van der Waals surface area contributed by atoms with Crippen molar-refractivity contribution in [1.29, 1.82) is 0 Å². The molecule has 3 heteroatoms. The van der Waals surface area contributed by atoms with Crippen molar-refractivity contribution in [1.82, 2.24) is 0 Å². The van der Waals surface area contributed by atoms with Crippen LogP contribution in [0, 0.1) is 5.92 Å². The second kappa shape index (κ2) is 6.88. The molecule has 0 aromatic rings. The Morgan fingerprint density at radius 1 is 1.25 bits per heavy atom. The highest BCUT2D eigenvalue weighted by Crippen LogP contribution is 2.02. The normalized spacial score (nSPS) is 14.4. The van der Waals surface area contributed by atoms with Crippen molar-refractivity contribution >= 4 is 17.3 Å². The van der Waals surface area contributed by atoms with E-state index in [1.807, 2.05) is 13.8 Å². The summed E-state index contributed by atoms with van der Waals surface area (Å²) in [5.41, 5.74) is 0.516. The van der Waals surface area contributed by atoms with E-state index in [1.54, 1.807) is 13.8 Å². The molecule has 0 amide bonds. The summed E-state index contributed by atoms with van der Waals surface area (Å²) in [4.78, 5) is 31.4. The van der Waals surface area contributed by atoms with Crippen molar-refractivity contribution in [2.24, 2.45) is 5.92 Å². The second-order valence-electron chi connectivity index (χ2n) is 4.23. The lowest BCUT2D eigenvalue weighted by Gasteiger charge is -1.96. The van der Waals surface area contributed by atoms with E-state index in [9.17, 15) is 14.4 Å². The van der Waals surface area contributed by atoms with Crippen molar-refractivity contribution in [2.75, 3.05) is 0 Å². The number of ketones is 3. The van der Waals surface area contributed by atoms with Crippen LogP contribution in [0.3, 0.4) is 0 Å². The Morgan fingerprint density at radius 3 is 2.06 bits per heavy atom. The van der Waals surface area contributed by atoms with Gasteiger partial charge in [-0.15, -0.1) is 0 Å². The van der Waals surface area contributed by atoms with Crippen LogP contribution < -0.4 is 0 Å². The third kappa shape index (κ3) is 6.87. The monoisotopic (exact) mass is 222 g/mol. The summed E-state index contributed by atoms with van der Waals surface area (Å²) in [5, 5.41) is 0. The van der Waals surface area contributed by atoms with E-state index in [-0.39, 0.29) is 17.3 Å². The van der Waals surface area contributed by atoms with Gasteiger partial charge in [0.1, 0.15) is 5.78 Å². The van der Waals surface area contributed by atoms with Crippen molar-refractivity contribution in [3.05, 3.63) is 23.8 Å². The van der Waals surface area contributed by atoms with Crippen LogP contribution in [0.5, 0.6) is 0 Å². The number of Topliss-reactive ketones (excluding diaryl/α,β-unsaturated/α-hetero) is 1. The molecule has 1 aliphatic carbocycles. The average Bonchev–Trinajstić information content (AvgIpc) is 2.10. The first kappa shape index (κ1) is 14.5. The molecular weight excluding hydrogens is 204 g/mol. The maximum atomic E-state index is 10.6. The highest BCUT2D eigenvalue weighted by molar-refractivity contribution is 6.16. The molecule has 0 N–H and O–H groups in total. The molecule has 0 saturated carbocycles. The van der Waals surface area contributed by atoms with Gasteiger partial charge in [0, 0.05) is 12.0 Å². The lowest BCUT2D eigenvalue weighted by Crippen LogP contribution is -2.03. The van der Waals surface area contributed by atoms with Crippen LogP contribution >= 0.6 is 0 Å². The number of rotatable bonds is 2. The minimum atomic E-state index is -0.105. The molecule has 1 rings (SSSR count). The molecule has 88 valence electrons. The number of carbonyl (C=O) groups is 3. The highest BCUT2D eigenvalue weighted by Gasteiger charge is 2.06. The Balaban J connectivity index is 0.000000293. The van der Waals surface area contributed by atoms with Crippen molar-refractivity contribution in [3.63, 3.8) is 0 Å². The molecule has 3 nitrogen and oxygen atoms in total. The minimum Gasteiger partial charge on any atom is -0.300 e. The SMILES string of the molecule is CC(=O)CC(C)C.CC1=CC(=O)C=CC1=O. The molecular formula is C13H18O3. The van der Waals surface area contributed by atoms with E-state index < -0.39 is 0 Å². The Bertz CT molecular complexity index is 346. The molecule has 0 atom stereocenters. The van der Waals surface area contributed by atoms with Gasteiger partial charge in [0.05, 0.1) is 0 Å². The maximum absolute atomic E-state index is 10.6. The topological polar surface area (TPSA) is 51.2 Å². The zero-order chi connectivity index (χ0) is 12.7. The Labute approximate surface area is 96.2 Å². The molecule has 0 heterocycles. The van der Waals surface area contributed by atoms with Gasteiger partial charge in [-0.2, -0.15) is 0 Å². The predicted octanol–water partition coefficient (Wildman–Crippen LogP) is 2.26. The first-order valence-corrected chi connectivity index (χ1v) is 5.27. The summed E-state index contributed by atoms with van der Waals surface area (Å²) in [6.45, 7) is 7.34. The minimum absolute atomic E-state index is 0.0744. The fraction of sp³-hybridized carbons (Fsp3) is 0.462. The molecule has 1 aliphatic rings. The van der Waals surface area contributed by atoms with Gasteiger partial charge in [0.2, 0.25) is 0 Å². The standard InChI is InChI=1S/C7H6O2.C6H12O/c1-5-4-6(8)2-3-7(5)9;1-5(2)4-6(3)7/h2-4H,1H3;5H,4H2,1-3H3. The van der Waals surface area contributed by atoms with E-state index in [0.717, 1.165) is 6.42 Å². The largest absolute Gasteiger partial charge is 0.300 e. The second-order valence-corrected chi connectivity index (χ2v) is 4.23. The quantitative estimate of drug-likeness (QED) is 0.673. The first-order chi connectivity index (χ1) is 7.32. The van der Waals surface area contributed by atoms with E-state index in [0.29, 0.717) is 11.5 Å². The van der Waals surface area contributed by atoms with Gasteiger partial charge in [0.15, 0.2) is 11.6 Å². The molecule has 0 fully saturated rings. The molecule has 0 aromatic carbocycles. The maximum Gasteiger partial charge on any atom is 0.181 e. The van der Waals surface area contributed by atoms with Crippen LogP contribution in [0.25, 0.3) is 0 Å². The van der Waals surface area contributed by atoms with Gasteiger partial charge < -0.3 is 4.79 Å². The third-order valence-corrected chi connectivity index (χ3v) is 1.84. The first-order valence-electron chi connectivity index (χ1n) is 5.27. The number of carbonyl (C=O) groups excluding carboxylic acids is 3. The van der Waals surface area contributed by atoms with Crippen LogP contribution in [-0.2, 0) is 14.4 Å². The molecule has 0 aromatic heterocycles. The van der Waals surface area contributed by atoms with E-state index in [1.165, 1.54) is 18.2 Å².